The van der Waals surface area contributed by atoms with Crippen LogP contribution >= 0.6 is 46.4 Å². The first-order valence-corrected chi connectivity index (χ1v) is 5.67. The van der Waals surface area contributed by atoms with Gasteiger partial charge in [-0.3, -0.25) is 4.79 Å². The predicted molar refractivity (Wildman–Crippen MR) is 62.3 cm³/mol. The molecule has 0 aliphatic heterocycles. The summed E-state index contributed by atoms with van der Waals surface area (Å²) in [6.45, 7) is 4.14. The van der Waals surface area contributed by atoms with Crippen molar-refractivity contribution in [2.24, 2.45) is 0 Å². The molecule has 0 aliphatic carbocycles. The summed E-state index contributed by atoms with van der Waals surface area (Å²) in [6, 6.07) is 0. The highest BCUT2D eigenvalue weighted by atomic mass is 35.6. The van der Waals surface area contributed by atoms with Crippen molar-refractivity contribution in [2.45, 2.75) is 36.4 Å². The fourth-order valence-electron chi connectivity index (χ4n) is 0.568. The van der Waals surface area contributed by atoms with Gasteiger partial charge in [0, 0.05) is 6.92 Å². The van der Waals surface area contributed by atoms with Crippen LogP contribution in [0.25, 0.3) is 0 Å². The Bertz CT molecular complexity index is 139. The lowest BCUT2D eigenvalue weighted by molar-refractivity contribution is -0.141. The lowest BCUT2D eigenvalue weighted by atomic mass is 10.3. The fourth-order valence-corrected chi connectivity index (χ4v) is 0.568. The van der Waals surface area contributed by atoms with Crippen molar-refractivity contribution in [2.75, 3.05) is 6.61 Å². The minimum absolute atomic E-state index is 0.175. The van der Waals surface area contributed by atoms with Crippen LogP contribution < -0.4 is 0 Å². The summed E-state index contributed by atoms with van der Waals surface area (Å²) >= 11 is 19.3. The third-order valence-electron chi connectivity index (χ3n) is 1.05. The maximum atomic E-state index is 10.2. The second kappa shape index (κ2) is 10.2. The van der Waals surface area contributed by atoms with E-state index in [4.69, 9.17) is 51.1 Å². The molecule has 0 aromatic heterocycles. The van der Waals surface area contributed by atoms with Gasteiger partial charge in [-0.25, -0.2) is 0 Å². The number of ether oxygens (including phenoxy) is 1. The second-order valence-electron chi connectivity index (χ2n) is 2.48. The topological polar surface area (TPSA) is 26.3 Å². The molecule has 6 heteroatoms. The summed E-state index contributed by atoms with van der Waals surface area (Å²) in [4.78, 5) is 10.2. The van der Waals surface area contributed by atoms with Crippen molar-refractivity contribution in [3.8, 4) is 0 Å². The third kappa shape index (κ3) is 38.9. The minimum Gasteiger partial charge on any atom is -0.466 e. The Kier molecular flexibility index (Phi) is 12.4. The van der Waals surface area contributed by atoms with Crippen LogP contribution in [0.2, 0.25) is 0 Å². The number of hydrogen-bond donors (Lipinski definition) is 0. The molecule has 0 unspecified atom stereocenters. The van der Waals surface area contributed by atoms with Gasteiger partial charge in [0.15, 0.2) is 0 Å². The van der Waals surface area contributed by atoms with E-state index in [2.05, 4.69) is 6.92 Å². The van der Waals surface area contributed by atoms with Gasteiger partial charge in [-0.15, -0.1) is 0 Å². The smallest absolute Gasteiger partial charge is 0.302 e. The van der Waals surface area contributed by atoms with Gasteiger partial charge in [-0.05, 0) is 6.42 Å². The van der Waals surface area contributed by atoms with Gasteiger partial charge in [-0.1, -0.05) is 66.2 Å². The van der Waals surface area contributed by atoms with Crippen LogP contribution in [0.5, 0.6) is 0 Å². The van der Waals surface area contributed by atoms with Gasteiger partial charge in [0.05, 0.1) is 6.61 Å². The summed E-state index contributed by atoms with van der Waals surface area (Å²) in [6.07, 6.45) is 3.31. The van der Waals surface area contributed by atoms with Crippen LogP contribution in [0.15, 0.2) is 0 Å². The Balaban J connectivity index is 0. The molecular weight excluding hydrogens is 270 g/mol. The Morgan fingerprint density at radius 1 is 1.21 bits per heavy atom. The molecular formula is C8H14Cl4O2. The molecule has 0 aromatic carbocycles. The molecule has 0 saturated heterocycles. The van der Waals surface area contributed by atoms with Crippen molar-refractivity contribution >= 4 is 52.4 Å². The summed E-state index contributed by atoms with van der Waals surface area (Å²) in [7, 11) is 0. The van der Waals surface area contributed by atoms with Crippen LogP contribution in [0.4, 0.5) is 0 Å². The van der Waals surface area contributed by atoms with E-state index in [1.165, 1.54) is 13.3 Å². The van der Waals surface area contributed by atoms with Crippen LogP contribution in [0.1, 0.15) is 33.1 Å². The number of esters is 1. The number of halogens is 4. The zero-order valence-corrected chi connectivity index (χ0v) is 11.2. The van der Waals surface area contributed by atoms with Gasteiger partial charge < -0.3 is 4.74 Å². The summed E-state index contributed by atoms with van der Waals surface area (Å²) in [5, 5.41) is 0. The van der Waals surface area contributed by atoms with Crippen molar-refractivity contribution in [1.82, 2.24) is 0 Å². The van der Waals surface area contributed by atoms with E-state index in [1.54, 1.807) is 0 Å². The molecule has 0 fully saturated rings. The Labute approximate surface area is 105 Å². The number of carbonyl (C=O) groups excluding carboxylic acids is 1. The van der Waals surface area contributed by atoms with Gasteiger partial charge >= 0.3 is 5.97 Å². The highest BCUT2D eigenvalue weighted by molar-refractivity contribution is 6.83. The van der Waals surface area contributed by atoms with E-state index >= 15 is 0 Å². The van der Waals surface area contributed by atoms with Crippen LogP contribution in [-0.2, 0) is 9.53 Å². The average Bonchev–Trinajstić information content (AvgIpc) is 1.94. The number of carbonyl (C=O) groups is 1. The van der Waals surface area contributed by atoms with Crippen molar-refractivity contribution in [1.29, 1.82) is 0 Å². The largest absolute Gasteiger partial charge is 0.466 e. The maximum absolute atomic E-state index is 10.2. The van der Waals surface area contributed by atoms with E-state index in [0.717, 1.165) is 12.8 Å². The van der Waals surface area contributed by atoms with E-state index < -0.39 is 3.25 Å². The molecule has 0 aliphatic rings. The molecule has 0 atom stereocenters. The Morgan fingerprint density at radius 2 is 1.64 bits per heavy atom. The van der Waals surface area contributed by atoms with E-state index in [1.807, 2.05) is 0 Å². The van der Waals surface area contributed by atoms with Gasteiger partial charge in [0.2, 0.25) is 0 Å². The maximum Gasteiger partial charge on any atom is 0.302 e. The van der Waals surface area contributed by atoms with Crippen LogP contribution in [-0.4, -0.2) is 15.8 Å². The lowest BCUT2D eigenvalue weighted by Crippen LogP contribution is -1.99. The normalized spacial score (nSPS) is 10.1. The fraction of sp³-hybridized carbons (Fsp3) is 0.875. The molecule has 0 amide bonds. The monoisotopic (exact) mass is 282 g/mol. The van der Waals surface area contributed by atoms with Gasteiger partial charge in [0.1, 0.15) is 0 Å². The first-order valence-electron chi connectivity index (χ1n) is 4.16. The second-order valence-corrected chi connectivity index (χ2v) is 5.90. The molecule has 86 valence electrons. The molecule has 0 bridgehead atoms. The number of hydrogen-bond acceptors (Lipinski definition) is 2. The molecule has 0 rings (SSSR count). The molecule has 2 nitrogen and oxygen atoms in total. The number of rotatable bonds is 4. The summed E-state index contributed by atoms with van der Waals surface area (Å²) in [5.41, 5.74) is 0. The zero-order chi connectivity index (χ0) is 11.6. The van der Waals surface area contributed by atoms with Crippen LogP contribution in [0, 0.1) is 0 Å². The van der Waals surface area contributed by atoms with Crippen LogP contribution in [0.3, 0.4) is 0 Å². The van der Waals surface area contributed by atoms with E-state index in [-0.39, 0.29) is 5.97 Å². The molecule has 0 radical (unpaired) electrons. The summed E-state index contributed by atoms with van der Waals surface area (Å²) in [5.74, 6) is -0.175. The van der Waals surface area contributed by atoms with Crippen molar-refractivity contribution in [3.05, 3.63) is 0 Å². The molecule has 0 aromatic rings. The highest BCUT2D eigenvalue weighted by Gasteiger charge is 2.11. The van der Waals surface area contributed by atoms with E-state index in [0.29, 0.717) is 6.61 Å². The average molecular weight is 284 g/mol. The molecule has 0 N–H and O–H groups in total. The zero-order valence-electron chi connectivity index (χ0n) is 8.16. The third-order valence-corrected chi connectivity index (χ3v) is 1.05. The van der Waals surface area contributed by atoms with E-state index in [9.17, 15) is 4.79 Å². The quantitative estimate of drug-likeness (QED) is 0.437. The van der Waals surface area contributed by atoms with Crippen molar-refractivity contribution < 1.29 is 9.53 Å². The standard InChI is InChI=1S/C7H14O2.CCl4/c1-3-4-5-6-9-7(2)8;2-1(3,4)5/h3-6H2,1-2H3;. The first kappa shape index (κ1) is 17.0. The van der Waals surface area contributed by atoms with Crippen molar-refractivity contribution in [3.63, 3.8) is 0 Å². The number of unbranched alkanes of at least 4 members (excludes halogenated alkanes) is 2. The molecule has 0 heterocycles. The Morgan fingerprint density at radius 3 is 1.93 bits per heavy atom. The molecule has 14 heavy (non-hydrogen) atoms. The SMILES string of the molecule is CCCCCOC(C)=O.ClC(Cl)(Cl)Cl. The lowest BCUT2D eigenvalue weighted by Gasteiger charge is -1.98. The molecule has 0 saturated carbocycles. The first-order chi connectivity index (χ1) is 6.27. The highest BCUT2D eigenvalue weighted by Crippen LogP contribution is 2.29. The summed E-state index contributed by atoms with van der Waals surface area (Å²) < 4.78 is 3.09. The Hall–Kier alpha value is 0.630. The number of alkyl halides is 4. The molecule has 0 spiro atoms. The van der Waals surface area contributed by atoms with Gasteiger partial charge in [0.25, 0.3) is 3.25 Å². The predicted octanol–water partition coefficient (Wildman–Crippen LogP) is 4.29. The van der Waals surface area contributed by atoms with Gasteiger partial charge in [-0.2, -0.15) is 0 Å². The minimum atomic E-state index is -1.61.